The number of hydrogen-bond donors (Lipinski definition) is 1. The Hall–Kier alpha value is -0.800. The number of likely N-dealkylation sites (tertiary alicyclic amines) is 1. The van der Waals surface area contributed by atoms with Crippen LogP contribution in [0.15, 0.2) is 16.5 Å². The predicted molar refractivity (Wildman–Crippen MR) is 63.0 cm³/mol. The van der Waals surface area contributed by atoms with Gasteiger partial charge < -0.3 is 9.52 Å². The molecule has 0 bridgehead atoms. The summed E-state index contributed by atoms with van der Waals surface area (Å²) in [7, 11) is 0. The van der Waals surface area contributed by atoms with E-state index in [-0.39, 0.29) is 6.61 Å². The minimum Gasteiger partial charge on any atom is -0.462 e. The van der Waals surface area contributed by atoms with E-state index in [1.165, 1.54) is 32.2 Å². The molecule has 1 aliphatic heterocycles. The summed E-state index contributed by atoms with van der Waals surface area (Å²) < 4.78 is 5.54. The van der Waals surface area contributed by atoms with Gasteiger partial charge in [0.25, 0.3) is 0 Å². The van der Waals surface area contributed by atoms with Gasteiger partial charge >= 0.3 is 0 Å². The molecule has 1 unspecified atom stereocenters. The Labute approximate surface area is 97.1 Å². The minimum atomic E-state index is -0.00277. The van der Waals surface area contributed by atoms with E-state index in [4.69, 9.17) is 9.52 Å². The summed E-state index contributed by atoms with van der Waals surface area (Å²) in [6, 6.07) is 4.55. The molecule has 0 radical (unpaired) electrons. The third-order valence-corrected chi connectivity index (χ3v) is 3.45. The maximum absolute atomic E-state index is 8.95. The third kappa shape index (κ3) is 2.66. The van der Waals surface area contributed by atoms with Crippen molar-refractivity contribution in [2.75, 3.05) is 6.54 Å². The van der Waals surface area contributed by atoms with E-state index >= 15 is 0 Å². The second-order valence-corrected chi connectivity index (χ2v) is 4.55. The van der Waals surface area contributed by atoms with Crippen molar-refractivity contribution in [3.8, 4) is 0 Å². The van der Waals surface area contributed by atoms with Crippen LogP contribution in [-0.2, 0) is 13.2 Å². The highest BCUT2D eigenvalue weighted by molar-refractivity contribution is 5.06. The number of rotatable bonds is 4. The largest absolute Gasteiger partial charge is 0.462 e. The summed E-state index contributed by atoms with van der Waals surface area (Å²) in [5, 5.41) is 8.95. The van der Waals surface area contributed by atoms with Crippen LogP contribution in [0.2, 0.25) is 0 Å². The van der Waals surface area contributed by atoms with E-state index in [1.54, 1.807) is 0 Å². The third-order valence-electron chi connectivity index (χ3n) is 3.45. The lowest BCUT2D eigenvalue weighted by Gasteiger charge is -2.34. The first-order chi connectivity index (χ1) is 7.83. The molecule has 2 heterocycles. The molecule has 3 heteroatoms. The van der Waals surface area contributed by atoms with Gasteiger partial charge in [0.05, 0.1) is 6.54 Å². The maximum atomic E-state index is 8.95. The van der Waals surface area contributed by atoms with Crippen molar-refractivity contribution in [2.24, 2.45) is 0 Å². The fraction of sp³-hybridized carbons (Fsp3) is 0.692. The van der Waals surface area contributed by atoms with Crippen molar-refractivity contribution in [2.45, 2.75) is 51.8 Å². The molecule has 1 atom stereocenters. The number of aliphatic hydroxyl groups is 1. The first-order valence-corrected chi connectivity index (χ1v) is 6.26. The average Bonchev–Trinajstić information content (AvgIpc) is 2.77. The summed E-state index contributed by atoms with van der Waals surface area (Å²) in [5.74, 6) is 1.64. The molecule has 0 saturated carbocycles. The van der Waals surface area contributed by atoms with Crippen LogP contribution in [0, 0.1) is 0 Å². The Morgan fingerprint density at radius 1 is 1.38 bits per heavy atom. The van der Waals surface area contributed by atoms with Crippen LogP contribution in [0.5, 0.6) is 0 Å². The lowest BCUT2D eigenvalue weighted by atomic mass is 10.00. The summed E-state index contributed by atoms with van der Waals surface area (Å²) in [4.78, 5) is 2.50. The van der Waals surface area contributed by atoms with E-state index in [0.29, 0.717) is 11.8 Å². The van der Waals surface area contributed by atoms with E-state index in [0.717, 1.165) is 12.3 Å². The molecule has 1 aliphatic rings. The van der Waals surface area contributed by atoms with Gasteiger partial charge in [-0.15, -0.1) is 0 Å². The molecule has 0 aliphatic carbocycles. The van der Waals surface area contributed by atoms with Crippen molar-refractivity contribution >= 4 is 0 Å². The summed E-state index contributed by atoms with van der Waals surface area (Å²) in [6.45, 7) is 4.31. The second-order valence-electron chi connectivity index (χ2n) is 4.55. The molecule has 0 amide bonds. The molecule has 1 aromatic heterocycles. The van der Waals surface area contributed by atoms with Crippen molar-refractivity contribution in [1.29, 1.82) is 0 Å². The second kappa shape index (κ2) is 5.51. The van der Waals surface area contributed by atoms with Crippen LogP contribution in [-0.4, -0.2) is 22.6 Å². The van der Waals surface area contributed by atoms with E-state index in [9.17, 15) is 0 Å². The van der Waals surface area contributed by atoms with Gasteiger partial charge in [0.15, 0.2) is 0 Å². The summed E-state index contributed by atoms with van der Waals surface area (Å²) in [6.07, 6.45) is 5.18. The molecule has 90 valence electrons. The van der Waals surface area contributed by atoms with Gasteiger partial charge in [0, 0.05) is 6.04 Å². The zero-order valence-corrected chi connectivity index (χ0v) is 9.98. The molecule has 1 fully saturated rings. The fourth-order valence-corrected chi connectivity index (χ4v) is 2.52. The molecular formula is C13H21NO2. The number of nitrogens with zero attached hydrogens (tertiary/aromatic N) is 1. The van der Waals surface area contributed by atoms with Crippen LogP contribution in [0.4, 0.5) is 0 Å². The lowest BCUT2D eigenvalue weighted by Crippen LogP contribution is -2.38. The van der Waals surface area contributed by atoms with Gasteiger partial charge in [-0.3, -0.25) is 4.90 Å². The van der Waals surface area contributed by atoms with Gasteiger partial charge in [-0.1, -0.05) is 13.3 Å². The predicted octanol–water partition coefficient (Wildman–Crippen LogP) is 2.54. The maximum Gasteiger partial charge on any atom is 0.129 e. The zero-order valence-electron chi connectivity index (χ0n) is 9.98. The van der Waals surface area contributed by atoms with Crippen molar-refractivity contribution < 1.29 is 9.52 Å². The van der Waals surface area contributed by atoms with Crippen LogP contribution in [0.1, 0.15) is 44.1 Å². The Morgan fingerprint density at radius 3 is 2.88 bits per heavy atom. The first-order valence-electron chi connectivity index (χ1n) is 6.26. The Morgan fingerprint density at radius 2 is 2.19 bits per heavy atom. The minimum absolute atomic E-state index is 0.00277. The van der Waals surface area contributed by atoms with Crippen molar-refractivity contribution in [1.82, 2.24) is 4.90 Å². The lowest BCUT2D eigenvalue weighted by molar-refractivity contribution is 0.124. The normalized spacial score (nSPS) is 22.5. The molecule has 2 rings (SSSR count). The molecule has 3 nitrogen and oxygen atoms in total. The molecule has 0 aromatic carbocycles. The Balaban J connectivity index is 1.96. The molecular weight excluding hydrogens is 202 g/mol. The summed E-state index contributed by atoms with van der Waals surface area (Å²) >= 11 is 0. The number of furan rings is 1. The Kier molecular flexibility index (Phi) is 4.02. The fourth-order valence-electron chi connectivity index (χ4n) is 2.52. The SMILES string of the molecule is CCC1CCCCN1Cc1ccc(CO)o1. The van der Waals surface area contributed by atoms with E-state index < -0.39 is 0 Å². The van der Waals surface area contributed by atoms with Gasteiger partial charge in [0.1, 0.15) is 18.1 Å². The van der Waals surface area contributed by atoms with E-state index in [1.807, 2.05) is 12.1 Å². The van der Waals surface area contributed by atoms with Crippen LogP contribution in [0.25, 0.3) is 0 Å². The Bertz CT molecular complexity index is 321. The smallest absolute Gasteiger partial charge is 0.129 e. The van der Waals surface area contributed by atoms with Crippen LogP contribution < -0.4 is 0 Å². The molecule has 1 saturated heterocycles. The van der Waals surface area contributed by atoms with Gasteiger partial charge in [-0.2, -0.15) is 0 Å². The topological polar surface area (TPSA) is 36.6 Å². The van der Waals surface area contributed by atoms with Crippen LogP contribution in [0.3, 0.4) is 0 Å². The van der Waals surface area contributed by atoms with Crippen molar-refractivity contribution in [3.05, 3.63) is 23.7 Å². The molecule has 16 heavy (non-hydrogen) atoms. The zero-order chi connectivity index (χ0) is 11.4. The van der Waals surface area contributed by atoms with Crippen molar-refractivity contribution in [3.63, 3.8) is 0 Å². The quantitative estimate of drug-likeness (QED) is 0.852. The first kappa shape index (κ1) is 11.7. The molecule has 1 aromatic rings. The average molecular weight is 223 g/mol. The van der Waals surface area contributed by atoms with Gasteiger partial charge in [-0.25, -0.2) is 0 Å². The summed E-state index contributed by atoms with van der Waals surface area (Å²) in [5.41, 5.74) is 0. The highest BCUT2D eigenvalue weighted by atomic mass is 16.4. The van der Waals surface area contributed by atoms with Crippen LogP contribution >= 0.6 is 0 Å². The van der Waals surface area contributed by atoms with Gasteiger partial charge in [-0.05, 0) is 37.9 Å². The molecule has 1 N–H and O–H groups in total. The van der Waals surface area contributed by atoms with Gasteiger partial charge in [0.2, 0.25) is 0 Å². The number of hydrogen-bond acceptors (Lipinski definition) is 3. The number of piperidine rings is 1. The number of aliphatic hydroxyl groups excluding tert-OH is 1. The standard InChI is InChI=1S/C13H21NO2/c1-2-11-5-3-4-8-14(11)9-12-6-7-13(10-15)16-12/h6-7,11,15H,2-5,8-10H2,1H3. The highest BCUT2D eigenvalue weighted by Gasteiger charge is 2.21. The monoisotopic (exact) mass is 223 g/mol. The van der Waals surface area contributed by atoms with E-state index in [2.05, 4.69) is 11.8 Å². The highest BCUT2D eigenvalue weighted by Crippen LogP contribution is 2.22. The molecule has 0 spiro atoms.